The molecule has 2 fully saturated rings. The van der Waals surface area contributed by atoms with Crippen LogP contribution in [0, 0.1) is 23.1 Å². The average molecular weight is 358 g/mol. The van der Waals surface area contributed by atoms with Gasteiger partial charge in [0, 0.05) is 23.6 Å². The van der Waals surface area contributed by atoms with Gasteiger partial charge in [-0.25, -0.2) is 9.18 Å². The zero-order valence-corrected chi connectivity index (χ0v) is 15.3. The van der Waals surface area contributed by atoms with Crippen molar-refractivity contribution < 1.29 is 18.7 Å². The number of fused-ring (bicyclic) bond motifs is 2. The van der Waals surface area contributed by atoms with Gasteiger partial charge >= 0.3 is 6.09 Å². The van der Waals surface area contributed by atoms with E-state index in [2.05, 4.69) is 0 Å². The van der Waals surface area contributed by atoms with Crippen molar-refractivity contribution in [3.8, 4) is 6.07 Å². The van der Waals surface area contributed by atoms with Crippen LogP contribution < -0.4 is 0 Å². The molecular formula is C20H23FN2O3. The standard InChI is InChI=1S/C20H23FN2O3/c1-20(2,3)26-19(25)23-13-7-8-14(23)10-12(9-13)18(24)15-5-4-6-17(21)16(15)11-22/h4-6,12-14H,7-10H2,1-3H3. The molecule has 2 heterocycles. The van der Waals surface area contributed by atoms with E-state index in [1.807, 2.05) is 20.8 Å². The largest absolute Gasteiger partial charge is 0.444 e. The zero-order valence-electron chi connectivity index (χ0n) is 15.3. The van der Waals surface area contributed by atoms with Crippen molar-refractivity contribution in [2.75, 3.05) is 0 Å². The fourth-order valence-electron chi connectivity index (χ4n) is 4.07. The van der Waals surface area contributed by atoms with Crippen LogP contribution in [0.15, 0.2) is 18.2 Å². The van der Waals surface area contributed by atoms with Gasteiger partial charge < -0.3 is 9.64 Å². The monoisotopic (exact) mass is 358 g/mol. The van der Waals surface area contributed by atoms with E-state index in [-0.39, 0.29) is 41.0 Å². The van der Waals surface area contributed by atoms with E-state index in [0.29, 0.717) is 12.8 Å². The lowest BCUT2D eigenvalue weighted by Gasteiger charge is -2.39. The van der Waals surface area contributed by atoms with E-state index < -0.39 is 11.4 Å². The third kappa shape index (κ3) is 3.44. The molecule has 2 saturated heterocycles. The molecule has 138 valence electrons. The van der Waals surface area contributed by atoms with Gasteiger partial charge in [-0.3, -0.25) is 4.79 Å². The molecule has 2 aliphatic heterocycles. The van der Waals surface area contributed by atoms with E-state index in [9.17, 15) is 19.2 Å². The van der Waals surface area contributed by atoms with Crippen molar-refractivity contribution in [3.63, 3.8) is 0 Å². The molecule has 0 spiro atoms. The van der Waals surface area contributed by atoms with Gasteiger partial charge in [0.2, 0.25) is 0 Å². The molecule has 6 heteroatoms. The number of piperidine rings is 1. The zero-order chi connectivity index (χ0) is 19.1. The number of Topliss-reactive ketones (excluding diaryl/α,β-unsaturated/α-hetero) is 1. The summed E-state index contributed by atoms with van der Waals surface area (Å²) in [7, 11) is 0. The van der Waals surface area contributed by atoms with Crippen molar-refractivity contribution in [1.29, 1.82) is 5.26 Å². The molecule has 0 radical (unpaired) electrons. The predicted octanol–water partition coefficient (Wildman–Crippen LogP) is 4.06. The maximum absolute atomic E-state index is 13.8. The van der Waals surface area contributed by atoms with Crippen LogP contribution in [0.5, 0.6) is 0 Å². The lowest BCUT2D eigenvalue weighted by molar-refractivity contribution is 0.00254. The highest BCUT2D eigenvalue weighted by atomic mass is 19.1. The lowest BCUT2D eigenvalue weighted by Crippen LogP contribution is -2.49. The highest BCUT2D eigenvalue weighted by Gasteiger charge is 2.46. The molecule has 2 unspecified atom stereocenters. The van der Waals surface area contributed by atoms with E-state index >= 15 is 0 Å². The average Bonchev–Trinajstić information content (AvgIpc) is 2.82. The van der Waals surface area contributed by atoms with Crippen LogP contribution in [0.4, 0.5) is 9.18 Å². The van der Waals surface area contributed by atoms with Crippen molar-refractivity contribution in [1.82, 2.24) is 4.90 Å². The number of nitriles is 1. The van der Waals surface area contributed by atoms with Gasteiger partial charge in [0.1, 0.15) is 17.5 Å². The fourth-order valence-corrected chi connectivity index (χ4v) is 4.07. The van der Waals surface area contributed by atoms with Crippen LogP contribution in [0.25, 0.3) is 0 Å². The Bertz CT molecular complexity index is 764. The second-order valence-corrected chi connectivity index (χ2v) is 8.08. The molecule has 0 N–H and O–H groups in total. The summed E-state index contributed by atoms with van der Waals surface area (Å²) in [6.45, 7) is 5.49. The number of hydrogen-bond acceptors (Lipinski definition) is 4. The first kappa shape index (κ1) is 18.4. The number of benzene rings is 1. The van der Waals surface area contributed by atoms with E-state index in [0.717, 1.165) is 12.8 Å². The Labute approximate surface area is 152 Å². The second kappa shape index (κ2) is 6.71. The predicted molar refractivity (Wildman–Crippen MR) is 93.1 cm³/mol. The SMILES string of the molecule is CC(C)(C)OC(=O)N1C2CCC1CC(C(=O)c1cccc(F)c1C#N)C2. The normalized spacial score (nSPS) is 24.9. The number of hydrogen-bond donors (Lipinski definition) is 0. The first-order valence-corrected chi connectivity index (χ1v) is 8.95. The van der Waals surface area contributed by atoms with Crippen LogP contribution in [0.1, 0.15) is 62.4 Å². The molecule has 1 amide bonds. The third-order valence-electron chi connectivity index (χ3n) is 5.10. The molecule has 3 rings (SSSR count). The molecule has 26 heavy (non-hydrogen) atoms. The maximum atomic E-state index is 13.8. The van der Waals surface area contributed by atoms with Gasteiger partial charge in [0.05, 0.1) is 5.56 Å². The fraction of sp³-hybridized carbons (Fsp3) is 0.550. The molecule has 1 aromatic rings. The Morgan fingerprint density at radius 2 is 1.85 bits per heavy atom. The minimum atomic E-state index is -0.674. The number of halogens is 1. The Morgan fingerprint density at radius 1 is 1.23 bits per heavy atom. The molecule has 1 aromatic carbocycles. The Balaban J connectivity index is 1.77. The summed E-state index contributed by atoms with van der Waals surface area (Å²) in [5.41, 5.74) is -0.617. The van der Waals surface area contributed by atoms with E-state index in [1.165, 1.54) is 18.2 Å². The molecule has 2 aliphatic rings. The number of amides is 1. The third-order valence-corrected chi connectivity index (χ3v) is 5.10. The molecule has 0 saturated carbocycles. The number of carbonyl (C=O) groups is 2. The Kier molecular flexibility index (Phi) is 4.74. The molecular weight excluding hydrogens is 335 g/mol. The number of carbonyl (C=O) groups excluding carboxylic acids is 2. The van der Waals surface area contributed by atoms with Crippen LogP contribution >= 0.6 is 0 Å². The van der Waals surface area contributed by atoms with Gasteiger partial charge in [0.25, 0.3) is 0 Å². The Hall–Kier alpha value is -2.42. The molecule has 5 nitrogen and oxygen atoms in total. The number of nitrogens with zero attached hydrogens (tertiary/aromatic N) is 2. The van der Waals surface area contributed by atoms with Crippen molar-refractivity contribution in [2.24, 2.45) is 5.92 Å². The minimum Gasteiger partial charge on any atom is -0.444 e. The smallest absolute Gasteiger partial charge is 0.410 e. The van der Waals surface area contributed by atoms with Gasteiger partial charge in [-0.1, -0.05) is 6.07 Å². The first-order valence-electron chi connectivity index (χ1n) is 8.95. The van der Waals surface area contributed by atoms with E-state index in [4.69, 9.17) is 4.74 Å². The van der Waals surface area contributed by atoms with Crippen LogP contribution in [-0.2, 0) is 4.74 Å². The summed E-state index contributed by atoms with van der Waals surface area (Å²) >= 11 is 0. The first-order chi connectivity index (χ1) is 12.2. The topological polar surface area (TPSA) is 70.4 Å². The molecule has 0 aliphatic carbocycles. The molecule has 2 bridgehead atoms. The van der Waals surface area contributed by atoms with Gasteiger partial charge in [0.15, 0.2) is 5.78 Å². The lowest BCUT2D eigenvalue weighted by atomic mass is 9.83. The second-order valence-electron chi connectivity index (χ2n) is 8.08. The summed E-state index contributed by atoms with van der Waals surface area (Å²) in [4.78, 5) is 27.2. The summed E-state index contributed by atoms with van der Waals surface area (Å²) in [6, 6.07) is 5.85. The highest BCUT2D eigenvalue weighted by molar-refractivity contribution is 6.00. The van der Waals surface area contributed by atoms with Crippen LogP contribution in [0.2, 0.25) is 0 Å². The summed E-state index contributed by atoms with van der Waals surface area (Å²) in [5, 5.41) is 9.17. The van der Waals surface area contributed by atoms with Crippen molar-refractivity contribution >= 4 is 11.9 Å². The quantitative estimate of drug-likeness (QED) is 0.748. The van der Waals surface area contributed by atoms with Crippen molar-refractivity contribution in [3.05, 3.63) is 35.1 Å². The number of ketones is 1. The minimum absolute atomic E-state index is 0.0448. The molecule has 2 atom stereocenters. The maximum Gasteiger partial charge on any atom is 0.410 e. The van der Waals surface area contributed by atoms with Gasteiger partial charge in [-0.2, -0.15) is 5.26 Å². The summed E-state index contributed by atoms with van der Waals surface area (Å²) in [5.74, 6) is -1.19. The Morgan fingerprint density at radius 3 is 2.38 bits per heavy atom. The highest BCUT2D eigenvalue weighted by Crippen LogP contribution is 2.41. The van der Waals surface area contributed by atoms with Crippen molar-refractivity contribution in [2.45, 2.75) is 64.1 Å². The van der Waals surface area contributed by atoms with E-state index in [1.54, 1.807) is 11.0 Å². The summed E-state index contributed by atoms with van der Waals surface area (Å²) in [6.07, 6.45) is 2.38. The molecule has 0 aromatic heterocycles. The number of rotatable bonds is 2. The van der Waals surface area contributed by atoms with Crippen LogP contribution in [0.3, 0.4) is 0 Å². The van der Waals surface area contributed by atoms with Crippen LogP contribution in [-0.4, -0.2) is 34.5 Å². The summed E-state index contributed by atoms with van der Waals surface area (Å²) < 4.78 is 19.3. The van der Waals surface area contributed by atoms with Gasteiger partial charge in [-0.15, -0.1) is 0 Å². The van der Waals surface area contributed by atoms with Gasteiger partial charge in [-0.05, 0) is 58.6 Å². The number of ether oxygens (including phenoxy) is 1.